The Morgan fingerprint density at radius 2 is 2.13 bits per heavy atom. The quantitative estimate of drug-likeness (QED) is 0.685. The molecule has 1 heterocycles. The molecule has 15 heavy (non-hydrogen) atoms. The maximum Gasteiger partial charge on any atom is 0.0659 e. The molecule has 2 nitrogen and oxygen atoms in total. The number of hydrogen-bond acceptors (Lipinski definition) is 2. The Hall–Kier alpha value is -0.860. The number of nitrogens with zero attached hydrogens (tertiary/aromatic N) is 1. The summed E-state index contributed by atoms with van der Waals surface area (Å²) >= 11 is 0. The van der Waals surface area contributed by atoms with Crippen molar-refractivity contribution in [2.24, 2.45) is 0 Å². The fourth-order valence-electron chi connectivity index (χ4n) is 2.16. The van der Waals surface area contributed by atoms with Crippen LogP contribution in [-0.2, 0) is 4.74 Å². The third-order valence-electron chi connectivity index (χ3n) is 3.14. The fraction of sp³-hybridized carbons (Fsp3) is 0.538. The number of ether oxygens (including phenoxy) is 1. The van der Waals surface area contributed by atoms with E-state index >= 15 is 0 Å². The largest absolute Gasteiger partial charge is 0.383 e. The summed E-state index contributed by atoms with van der Waals surface area (Å²) in [6.07, 6.45) is 1.24. The monoisotopic (exact) mass is 205 g/mol. The number of benzene rings is 1. The summed E-state index contributed by atoms with van der Waals surface area (Å²) in [5, 5.41) is 0. The zero-order valence-electron chi connectivity index (χ0n) is 9.52. The predicted octanol–water partition coefficient (Wildman–Crippen LogP) is 2.47. The van der Waals surface area contributed by atoms with Gasteiger partial charge in [-0.3, -0.25) is 4.90 Å². The summed E-state index contributed by atoms with van der Waals surface area (Å²) in [6, 6.07) is 11.9. The molecule has 0 aromatic heterocycles. The van der Waals surface area contributed by atoms with Crippen LogP contribution >= 0.6 is 0 Å². The van der Waals surface area contributed by atoms with Crippen molar-refractivity contribution in [2.45, 2.75) is 25.4 Å². The van der Waals surface area contributed by atoms with Gasteiger partial charge in [-0.15, -0.1) is 0 Å². The second kappa shape index (κ2) is 4.77. The molecular formula is C13H19NO. The van der Waals surface area contributed by atoms with Crippen molar-refractivity contribution in [3.63, 3.8) is 0 Å². The Morgan fingerprint density at radius 1 is 1.40 bits per heavy atom. The number of hydrogen-bond donors (Lipinski definition) is 0. The highest BCUT2D eigenvalue weighted by atomic mass is 16.5. The molecular weight excluding hydrogens is 186 g/mol. The maximum absolute atomic E-state index is 5.31. The molecule has 1 aromatic rings. The molecule has 0 N–H and O–H groups in total. The minimum absolute atomic E-state index is 0.446. The standard InChI is InChI=1S/C13H19NO/c1-3-12-9-14(12)13(10-15-2)11-7-5-4-6-8-11/h4-8,12-13H,3,9-10H2,1-2H3/t12-,13-,14?/m0/s1. The molecule has 1 fully saturated rings. The summed E-state index contributed by atoms with van der Waals surface area (Å²) in [4.78, 5) is 2.51. The average Bonchev–Trinajstić information content (AvgIpc) is 3.06. The molecule has 1 aliphatic rings. The molecule has 1 unspecified atom stereocenters. The first-order chi connectivity index (χ1) is 7.36. The van der Waals surface area contributed by atoms with Crippen LogP contribution < -0.4 is 0 Å². The Kier molecular flexibility index (Phi) is 3.39. The van der Waals surface area contributed by atoms with Crippen LogP contribution in [0.5, 0.6) is 0 Å². The Bertz CT molecular complexity index is 299. The second-order valence-electron chi connectivity index (χ2n) is 4.14. The highest BCUT2D eigenvalue weighted by molar-refractivity contribution is 5.21. The predicted molar refractivity (Wildman–Crippen MR) is 61.8 cm³/mol. The van der Waals surface area contributed by atoms with Crippen molar-refractivity contribution in [3.05, 3.63) is 35.9 Å². The van der Waals surface area contributed by atoms with Crippen molar-refractivity contribution in [2.75, 3.05) is 20.3 Å². The minimum Gasteiger partial charge on any atom is -0.383 e. The molecule has 2 heteroatoms. The molecule has 0 radical (unpaired) electrons. The lowest BCUT2D eigenvalue weighted by Gasteiger charge is -2.18. The van der Waals surface area contributed by atoms with Crippen LogP contribution in [0.2, 0.25) is 0 Å². The van der Waals surface area contributed by atoms with E-state index in [0.29, 0.717) is 6.04 Å². The van der Waals surface area contributed by atoms with Crippen LogP contribution in [0.1, 0.15) is 24.9 Å². The first kappa shape index (κ1) is 10.7. The van der Waals surface area contributed by atoms with Crippen LogP contribution in [0.15, 0.2) is 30.3 Å². The van der Waals surface area contributed by atoms with E-state index in [1.807, 2.05) is 0 Å². The Labute approximate surface area is 91.9 Å². The van der Waals surface area contributed by atoms with Crippen molar-refractivity contribution >= 4 is 0 Å². The van der Waals surface area contributed by atoms with E-state index in [4.69, 9.17) is 4.74 Å². The number of methoxy groups -OCH3 is 1. The molecule has 0 aliphatic carbocycles. The molecule has 1 aromatic carbocycles. The van der Waals surface area contributed by atoms with Gasteiger partial charge in [-0.1, -0.05) is 37.3 Å². The van der Waals surface area contributed by atoms with Gasteiger partial charge in [0.15, 0.2) is 0 Å². The van der Waals surface area contributed by atoms with Gasteiger partial charge in [0.1, 0.15) is 0 Å². The van der Waals surface area contributed by atoms with Gasteiger partial charge >= 0.3 is 0 Å². The molecule has 0 saturated carbocycles. The van der Waals surface area contributed by atoms with Gasteiger partial charge in [0.25, 0.3) is 0 Å². The van der Waals surface area contributed by atoms with Gasteiger partial charge in [-0.25, -0.2) is 0 Å². The lowest BCUT2D eigenvalue weighted by Crippen LogP contribution is -2.17. The second-order valence-corrected chi connectivity index (χ2v) is 4.14. The zero-order valence-corrected chi connectivity index (χ0v) is 9.52. The first-order valence-corrected chi connectivity index (χ1v) is 5.66. The van der Waals surface area contributed by atoms with E-state index in [0.717, 1.165) is 12.6 Å². The normalized spacial score (nSPS) is 26.3. The SMILES string of the molecule is CC[C@H]1CN1[C@@H](COC)c1ccccc1. The average molecular weight is 205 g/mol. The van der Waals surface area contributed by atoms with E-state index < -0.39 is 0 Å². The van der Waals surface area contributed by atoms with Crippen LogP contribution in [0.25, 0.3) is 0 Å². The smallest absolute Gasteiger partial charge is 0.0659 e. The Balaban J connectivity index is 2.07. The molecule has 0 bridgehead atoms. The van der Waals surface area contributed by atoms with Crippen LogP contribution in [-0.4, -0.2) is 31.2 Å². The van der Waals surface area contributed by atoms with Crippen LogP contribution in [0.4, 0.5) is 0 Å². The lowest BCUT2D eigenvalue weighted by atomic mass is 10.1. The van der Waals surface area contributed by atoms with Gasteiger partial charge in [-0.05, 0) is 12.0 Å². The molecule has 0 amide bonds. The van der Waals surface area contributed by atoms with Gasteiger partial charge in [0.2, 0.25) is 0 Å². The van der Waals surface area contributed by atoms with E-state index in [2.05, 4.69) is 42.2 Å². The zero-order chi connectivity index (χ0) is 10.7. The van der Waals surface area contributed by atoms with Crippen molar-refractivity contribution < 1.29 is 4.74 Å². The molecule has 2 rings (SSSR count). The van der Waals surface area contributed by atoms with E-state index in [1.165, 1.54) is 18.5 Å². The topological polar surface area (TPSA) is 12.2 Å². The molecule has 1 saturated heterocycles. The lowest BCUT2D eigenvalue weighted by molar-refractivity contribution is 0.139. The van der Waals surface area contributed by atoms with E-state index in [1.54, 1.807) is 7.11 Å². The van der Waals surface area contributed by atoms with E-state index in [9.17, 15) is 0 Å². The van der Waals surface area contributed by atoms with Crippen LogP contribution in [0, 0.1) is 0 Å². The molecule has 0 spiro atoms. The van der Waals surface area contributed by atoms with Crippen molar-refractivity contribution in [1.82, 2.24) is 4.90 Å². The Morgan fingerprint density at radius 3 is 2.67 bits per heavy atom. The molecule has 3 atom stereocenters. The summed E-state index contributed by atoms with van der Waals surface area (Å²) in [5.74, 6) is 0. The van der Waals surface area contributed by atoms with Crippen molar-refractivity contribution in [3.8, 4) is 0 Å². The highest BCUT2D eigenvalue weighted by Crippen LogP contribution is 2.33. The number of rotatable bonds is 5. The van der Waals surface area contributed by atoms with Gasteiger partial charge in [-0.2, -0.15) is 0 Å². The maximum atomic E-state index is 5.31. The highest BCUT2D eigenvalue weighted by Gasteiger charge is 2.38. The van der Waals surface area contributed by atoms with Gasteiger partial charge < -0.3 is 4.74 Å². The van der Waals surface area contributed by atoms with Gasteiger partial charge in [0, 0.05) is 19.7 Å². The first-order valence-electron chi connectivity index (χ1n) is 5.66. The molecule has 1 aliphatic heterocycles. The summed E-state index contributed by atoms with van der Waals surface area (Å²) < 4.78 is 5.31. The summed E-state index contributed by atoms with van der Waals surface area (Å²) in [6.45, 7) is 4.26. The van der Waals surface area contributed by atoms with E-state index in [-0.39, 0.29) is 0 Å². The summed E-state index contributed by atoms with van der Waals surface area (Å²) in [5.41, 5.74) is 1.37. The third kappa shape index (κ3) is 2.39. The molecule has 82 valence electrons. The van der Waals surface area contributed by atoms with Crippen LogP contribution in [0.3, 0.4) is 0 Å². The van der Waals surface area contributed by atoms with Crippen molar-refractivity contribution in [1.29, 1.82) is 0 Å². The third-order valence-corrected chi connectivity index (χ3v) is 3.14. The fourth-order valence-corrected chi connectivity index (χ4v) is 2.16. The minimum atomic E-state index is 0.446. The van der Waals surface area contributed by atoms with Gasteiger partial charge in [0.05, 0.1) is 12.6 Å². The summed E-state index contributed by atoms with van der Waals surface area (Å²) in [7, 11) is 1.78.